The number of nitrogens with zero attached hydrogens (tertiary/aromatic N) is 2. The van der Waals surface area contributed by atoms with Gasteiger partial charge in [-0.2, -0.15) is 0 Å². The van der Waals surface area contributed by atoms with Crippen LogP contribution in [-0.4, -0.2) is 55.9 Å². The summed E-state index contributed by atoms with van der Waals surface area (Å²) >= 11 is 0. The van der Waals surface area contributed by atoms with Crippen LogP contribution in [0.4, 0.5) is 5.69 Å². The highest BCUT2D eigenvalue weighted by Gasteiger charge is 2.32. The molecule has 6 heteroatoms. The zero-order chi connectivity index (χ0) is 18.1. The lowest BCUT2D eigenvalue weighted by atomic mass is 9.95. The van der Waals surface area contributed by atoms with Gasteiger partial charge in [0.15, 0.2) is 6.29 Å². The van der Waals surface area contributed by atoms with Gasteiger partial charge >= 0.3 is 0 Å². The summed E-state index contributed by atoms with van der Waals surface area (Å²) in [6, 6.07) is 5.75. The molecule has 0 N–H and O–H groups in total. The Kier molecular flexibility index (Phi) is 4.96. The number of carbonyl (C=O) groups excluding carboxylic acids is 2. The zero-order valence-electron chi connectivity index (χ0n) is 15.3. The number of carbonyl (C=O) groups is 2. The van der Waals surface area contributed by atoms with Crippen molar-refractivity contribution in [3.63, 3.8) is 0 Å². The van der Waals surface area contributed by atoms with Gasteiger partial charge in [0.1, 0.15) is 0 Å². The summed E-state index contributed by atoms with van der Waals surface area (Å²) in [6.45, 7) is 5.43. The number of amides is 2. The van der Waals surface area contributed by atoms with Gasteiger partial charge < -0.3 is 19.3 Å². The van der Waals surface area contributed by atoms with Gasteiger partial charge in [-0.3, -0.25) is 9.59 Å². The Balaban J connectivity index is 1.41. The van der Waals surface area contributed by atoms with Crippen molar-refractivity contribution in [2.45, 2.75) is 38.9 Å². The number of fused-ring (bicyclic) bond motifs is 1. The topological polar surface area (TPSA) is 59.1 Å². The molecule has 3 heterocycles. The predicted molar refractivity (Wildman–Crippen MR) is 97.1 cm³/mol. The van der Waals surface area contributed by atoms with Crippen molar-refractivity contribution in [3.8, 4) is 0 Å². The molecule has 0 unspecified atom stereocenters. The highest BCUT2D eigenvalue weighted by atomic mass is 16.7. The molecule has 3 aliphatic rings. The Morgan fingerprint density at radius 2 is 1.85 bits per heavy atom. The van der Waals surface area contributed by atoms with E-state index in [2.05, 4.69) is 0 Å². The Morgan fingerprint density at radius 3 is 2.54 bits per heavy atom. The Labute approximate surface area is 154 Å². The average molecular weight is 358 g/mol. The van der Waals surface area contributed by atoms with Crippen LogP contribution in [0.3, 0.4) is 0 Å². The molecule has 6 nitrogen and oxygen atoms in total. The molecule has 26 heavy (non-hydrogen) atoms. The van der Waals surface area contributed by atoms with E-state index in [1.165, 1.54) is 0 Å². The summed E-state index contributed by atoms with van der Waals surface area (Å²) in [5, 5.41) is 0. The lowest BCUT2D eigenvalue weighted by Crippen LogP contribution is -2.41. The minimum atomic E-state index is -0.0886. The second-order valence-corrected chi connectivity index (χ2v) is 7.23. The molecule has 0 saturated carbocycles. The smallest absolute Gasteiger partial charge is 0.253 e. The first-order valence-electron chi connectivity index (χ1n) is 9.63. The van der Waals surface area contributed by atoms with E-state index in [1.54, 1.807) is 0 Å². The first-order valence-corrected chi connectivity index (χ1v) is 9.63. The van der Waals surface area contributed by atoms with Crippen LogP contribution in [0.15, 0.2) is 18.2 Å². The molecule has 1 aromatic carbocycles. The van der Waals surface area contributed by atoms with Crippen LogP contribution in [0.25, 0.3) is 0 Å². The van der Waals surface area contributed by atoms with Gasteiger partial charge in [-0.25, -0.2) is 0 Å². The predicted octanol–water partition coefficient (Wildman–Crippen LogP) is 2.21. The van der Waals surface area contributed by atoms with Crippen molar-refractivity contribution in [3.05, 3.63) is 29.3 Å². The second-order valence-electron chi connectivity index (χ2n) is 7.23. The maximum Gasteiger partial charge on any atom is 0.253 e. The maximum absolute atomic E-state index is 12.9. The van der Waals surface area contributed by atoms with Crippen LogP contribution in [0.1, 0.15) is 42.1 Å². The molecular weight excluding hydrogens is 332 g/mol. The molecule has 2 fully saturated rings. The number of piperidine rings is 1. The van der Waals surface area contributed by atoms with Crippen molar-refractivity contribution in [2.24, 2.45) is 5.92 Å². The highest BCUT2D eigenvalue weighted by Crippen LogP contribution is 2.31. The summed E-state index contributed by atoms with van der Waals surface area (Å²) < 4.78 is 11.2. The summed E-state index contributed by atoms with van der Waals surface area (Å²) in [6.07, 6.45) is 3.07. The molecule has 0 spiro atoms. The van der Waals surface area contributed by atoms with Crippen LogP contribution in [0.5, 0.6) is 0 Å². The van der Waals surface area contributed by atoms with Crippen molar-refractivity contribution >= 4 is 17.5 Å². The van der Waals surface area contributed by atoms with Crippen molar-refractivity contribution < 1.29 is 19.1 Å². The molecule has 2 saturated heterocycles. The third kappa shape index (κ3) is 3.23. The Bertz CT molecular complexity index is 691. The number of likely N-dealkylation sites (tertiary alicyclic amines) is 1. The maximum atomic E-state index is 12.9. The first-order chi connectivity index (χ1) is 12.7. The van der Waals surface area contributed by atoms with Gasteiger partial charge in [-0.1, -0.05) is 6.92 Å². The quantitative estimate of drug-likeness (QED) is 0.831. The van der Waals surface area contributed by atoms with Gasteiger partial charge in [0.2, 0.25) is 5.91 Å². The van der Waals surface area contributed by atoms with E-state index in [9.17, 15) is 9.59 Å². The first kappa shape index (κ1) is 17.5. The number of anilines is 1. The van der Waals surface area contributed by atoms with Crippen LogP contribution in [0.2, 0.25) is 0 Å². The number of hydrogen-bond acceptors (Lipinski definition) is 4. The monoisotopic (exact) mass is 358 g/mol. The molecule has 3 aliphatic heterocycles. The Hall–Kier alpha value is -1.92. The van der Waals surface area contributed by atoms with Gasteiger partial charge in [0, 0.05) is 43.2 Å². The fourth-order valence-corrected chi connectivity index (χ4v) is 4.19. The minimum absolute atomic E-state index is 0.0831. The third-order valence-corrected chi connectivity index (χ3v) is 5.68. The van der Waals surface area contributed by atoms with E-state index in [0.29, 0.717) is 32.1 Å². The van der Waals surface area contributed by atoms with E-state index in [0.717, 1.165) is 49.2 Å². The molecule has 0 atom stereocenters. The van der Waals surface area contributed by atoms with Gasteiger partial charge in [-0.15, -0.1) is 0 Å². The average Bonchev–Trinajstić information content (AvgIpc) is 3.36. The molecule has 1 aromatic rings. The van der Waals surface area contributed by atoms with E-state index in [-0.39, 0.29) is 18.1 Å². The summed E-state index contributed by atoms with van der Waals surface area (Å²) in [7, 11) is 0. The van der Waals surface area contributed by atoms with Crippen LogP contribution < -0.4 is 4.90 Å². The lowest BCUT2D eigenvalue weighted by Gasteiger charge is -2.34. The van der Waals surface area contributed by atoms with Gasteiger partial charge in [0.05, 0.1) is 13.2 Å². The fourth-order valence-electron chi connectivity index (χ4n) is 4.19. The number of rotatable bonds is 3. The number of ether oxygens (including phenoxy) is 2. The van der Waals surface area contributed by atoms with Crippen molar-refractivity contribution in [1.82, 2.24) is 4.90 Å². The molecule has 140 valence electrons. The molecule has 0 aliphatic carbocycles. The number of benzene rings is 1. The second kappa shape index (κ2) is 7.37. The highest BCUT2D eigenvalue weighted by molar-refractivity contribution is 5.98. The largest absolute Gasteiger partial charge is 0.350 e. The molecule has 4 rings (SSSR count). The molecule has 0 radical (unpaired) electrons. The standard InChI is InChI=1S/C20H26N2O4/c1-2-18(23)22-10-7-15-13-16(3-4-17(15)22)19(24)21-8-5-14(6-9-21)20-25-11-12-26-20/h3-4,13-14,20H,2,5-12H2,1H3. The lowest BCUT2D eigenvalue weighted by molar-refractivity contribution is -0.118. The van der Waals surface area contributed by atoms with Gasteiger partial charge in [-0.05, 0) is 43.0 Å². The summed E-state index contributed by atoms with van der Waals surface area (Å²) in [5.74, 6) is 0.608. The van der Waals surface area contributed by atoms with E-state index in [4.69, 9.17) is 9.47 Å². The summed E-state index contributed by atoms with van der Waals surface area (Å²) in [5.41, 5.74) is 2.78. The number of hydrogen-bond donors (Lipinski definition) is 0. The van der Waals surface area contributed by atoms with Crippen LogP contribution in [0, 0.1) is 5.92 Å². The molecule has 2 amide bonds. The van der Waals surface area contributed by atoms with E-state index >= 15 is 0 Å². The van der Waals surface area contributed by atoms with E-state index in [1.807, 2.05) is 34.9 Å². The molecule has 0 bridgehead atoms. The molecule has 0 aromatic heterocycles. The van der Waals surface area contributed by atoms with Gasteiger partial charge in [0.25, 0.3) is 5.91 Å². The SMILES string of the molecule is CCC(=O)N1CCc2cc(C(=O)N3CCC(C4OCCO4)CC3)ccc21. The zero-order valence-corrected chi connectivity index (χ0v) is 15.3. The van der Waals surface area contributed by atoms with E-state index < -0.39 is 0 Å². The van der Waals surface area contributed by atoms with Crippen molar-refractivity contribution in [2.75, 3.05) is 37.7 Å². The normalized spacial score (nSPS) is 21.3. The third-order valence-electron chi connectivity index (χ3n) is 5.68. The van der Waals surface area contributed by atoms with Crippen molar-refractivity contribution in [1.29, 1.82) is 0 Å². The summed E-state index contributed by atoms with van der Waals surface area (Å²) in [4.78, 5) is 28.7. The minimum Gasteiger partial charge on any atom is -0.350 e. The Morgan fingerprint density at radius 1 is 1.12 bits per heavy atom. The van der Waals surface area contributed by atoms with Crippen LogP contribution in [-0.2, 0) is 20.7 Å². The van der Waals surface area contributed by atoms with Crippen LogP contribution >= 0.6 is 0 Å². The fraction of sp³-hybridized carbons (Fsp3) is 0.600. The molecular formula is C20H26N2O4.